The second-order valence-corrected chi connectivity index (χ2v) is 7.45. The smallest absolute Gasteiger partial charge is 0.227 e. The van der Waals surface area contributed by atoms with Gasteiger partial charge in [0.05, 0.1) is 12.5 Å². The zero-order chi connectivity index (χ0) is 17.8. The van der Waals surface area contributed by atoms with E-state index in [0.29, 0.717) is 43.0 Å². The Balaban J connectivity index is 0.00000180. The fourth-order valence-electron chi connectivity index (χ4n) is 4.52. The normalized spacial score (nSPS) is 26.0. The van der Waals surface area contributed by atoms with Gasteiger partial charge < -0.3 is 14.6 Å². The van der Waals surface area contributed by atoms with E-state index >= 15 is 0 Å². The minimum Gasteiger partial charge on any atom is -0.441 e. The molecule has 0 unspecified atom stereocenters. The molecule has 144 valence electrons. The van der Waals surface area contributed by atoms with Crippen LogP contribution in [0.2, 0.25) is 0 Å². The fraction of sp³-hybridized carbons (Fsp3) is 0.474. The molecule has 1 aromatic heterocycles. The molecule has 3 atom stereocenters. The molecule has 1 aromatic carbocycles. The Labute approximate surface area is 161 Å². The summed E-state index contributed by atoms with van der Waals surface area (Å²) in [5, 5.41) is 3.50. The summed E-state index contributed by atoms with van der Waals surface area (Å²) in [5.41, 5.74) is 0.951. The van der Waals surface area contributed by atoms with Gasteiger partial charge in [0.15, 0.2) is 0 Å². The molecule has 2 saturated heterocycles. The second-order valence-electron chi connectivity index (χ2n) is 7.45. The van der Waals surface area contributed by atoms with E-state index in [2.05, 4.69) is 10.3 Å². The maximum atomic E-state index is 13.4. The molecule has 5 rings (SSSR count). The Morgan fingerprint density at radius 3 is 2.67 bits per heavy atom. The highest BCUT2D eigenvalue weighted by Gasteiger charge is 2.44. The van der Waals surface area contributed by atoms with Gasteiger partial charge >= 0.3 is 0 Å². The molecule has 2 bridgehead atoms. The molecular formula is C19H20ClF2N3O2. The van der Waals surface area contributed by atoms with Gasteiger partial charge in [-0.25, -0.2) is 13.8 Å². The SMILES string of the molecule is Cl.O=C([C@H]1C[C@H]2CC[C@@H]1N2)N1CCc2oc(-c3cc(F)cc(F)c3)nc2C1. The van der Waals surface area contributed by atoms with Crippen LogP contribution >= 0.6 is 12.4 Å². The van der Waals surface area contributed by atoms with Gasteiger partial charge in [-0.1, -0.05) is 0 Å². The van der Waals surface area contributed by atoms with Crippen LogP contribution in [0.15, 0.2) is 22.6 Å². The number of nitrogens with zero attached hydrogens (tertiary/aromatic N) is 2. The third kappa shape index (κ3) is 3.23. The highest BCUT2D eigenvalue weighted by atomic mass is 35.5. The number of halogens is 3. The summed E-state index contributed by atoms with van der Waals surface area (Å²) < 4.78 is 32.6. The summed E-state index contributed by atoms with van der Waals surface area (Å²) in [4.78, 5) is 19.1. The number of hydrogen-bond acceptors (Lipinski definition) is 4. The van der Waals surface area contributed by atoms with Crippen molar-refractivity contribution >= 4 is 18.3 Å². The molecule has 1 amide bonds. The molecule has 0 aliphatic carbocycles. The van der Waals surface area contributed by atoms with Crippen molar-refractivity contribution in [2.45, 2.75) is 44.3 Å². The number of aromatic nitrogens is 1. The lowest BCUT2D eigenvalue weighted by atomic mass is 9.88. The number of oxazole rings is 1. The van der Waals surface area contributed by atoms with Crippen molar-refractivity contribution in [2.75, 3.05) is 6.54 Å². The largest absolute Gasteiger partial charge is 0.441 e. The third-order valence-electron chi connectivity index (χ3n) is 5.77. The molecule has 5 nitrogen and oxygen atoms in total. The molecule has 1 N–H and O–H groups in total. The van der Waals surface area contributed by atoms with Crippen LogP contribution in [0, 0.1) is 17.6 Å². The van der Waals surface area contributed by atoms with Gasteiger partial charge in [0, 0.05) is 36.7 Å². The molecule has 3 aliphatic rings. The van der Waals surface area contributed by atoms with E-state index in [1.165, 1.54) is 12.1 Å². The van der Waals surface area contributed by atoms with Crippen molar-refractivity contribution in [2.24, 2.45) is 5.92 Å². The highest BCUT2D eigenvalue weighted by molar-refractivity contribution is 5.85. The molecule has 0 radical (unpaired) electrons. The number of rotatable bonds is 2. The van der Waals surface area contributed by atoms with Crippen LogP contribution in [0.1, 0.15) is 30.7 Å². The van der Waals surface area contributed by atoms with Gasteiger partial charge in [0.25, 0.3) is 0 Å². The average molecular weight is 396 g/mol. The van der Waals surface area contributed by atoms with Crippen molar-refractivity contribution in [3.63, 3.8) is 0 Å². The van der Waals surface area contributed by atoms with Crippen molar-refractivity contribution in [3.05, 3.63) is 41.3 Å². The summed E-state index contributed by atoms with van der Waals surface area (Å²) in [7, 11) is 0. The summed E-state index contributed by atoms with van der Waals surface area (Å²) in [6.45, 7) is 0.981. The van der Waals surface area contributed by atoms with Crippen LogP contribution in [0.3, 0.4) is 0 Å². The Kier molecular flexibility index (Phi) is 4.68. The standard InChI is InChI=1S/C19H19F2N3O2.ClH/c20-11-5-10(6-12(21)7-11)18-23-16-9-24(4-3-17(16)26-18)19(25)14-8-13-1-2-15(14)22-13;/h5-7,13-15,22H,1-4,8-9H2;1H/t13-,14+,15+;/m1./s1. The molecule has 8 heteroatoms. The van der Waals surface area contributed by atoms with Gasteiger partial charge in [-0.15, -0.1) is 12.4 Å². The monoisotopic (exact) mass is 395 g/mol. The third-order valence-corrected chi connectivity index (χ3v) is 5.77. The first kappa shape index (κ1) is 18.4. The van der Waals surface area contributed by atoms with Gasteiger partial charge in [0.2, 0.25) is 11.8 Å². The summed E-state index contributed by atoms with van der Waals surface area (Å²) >= 11 is 0. The predicted molar refractivity (Wildman–Crippen MR) is 96.3 cm³/mol. The first-order chi connectivity index (χ1) is 12.6. The minimum atomic E-state index is -0.670. The van der Waals surface area contributed by atoms with Crippen molar-refractivity contribution in [1.29, 1.82) is 0 Å². The Morgan fingerprint density at radius 1 is 1.22 bits per heavy atom. The van der Waals surface area contributed by atoms with Gasteiger partial charge in [-0.2, -0.15) is 0 Å². The van der Waals surface area contributed by atoms with Crippen LogP contribution in [-0.4, -0.2) is 34.4 Å². The number of hydrogen-bond donors (Lipinski definition) is 1. The average Bonchev–Trinajstić information content (AvgIpc) is 3.34. The highest BCUT2D eigenvalue weighted by Crippen LogP contribution is 2.35. The molecule has 3 aliphatic heterocycles. The zero-order valence-corrected chi connectivity index (χ0v) is 15.4. The lowest BCUT2D eigenvalue weighted by molar-refractivity contribution is -0.137. The minimum absolute atomic E-state index is 0. The van der Waals surface area contributed by atoms with Crippen LogP contribution < -0.4 is 5.32 Å². The fourth-order valence-corrected chi connectivity index (χ4v) is 4.52. The molecule has 0 spiro atoms. The summed E-state index contributed by atoms with van der Waals surface area (Å²) in [5.74, 6) is -0.215. The topological polar surface area (TPSA) is 58.4 Å². The first-order valence-electron chi connectivity index (χ1n) is 9.07. The lowest BCUT2D eigenvalue weighted by Gasteiger charge is -2.30. The van der Waals surface area contributed by atoms with Crippen LogP contribution in [0.4, 0.5) is 8.78 Å². The van der Waals surface area contributed by atoms with Crippen LogP contribution in [0.5, 0.6) is 0 Å². The lowest BCUT2D eigenvalue weighted by Crippen LogP contribution is -2.43. The maximum Gasteiger partial charge on any atom is 0.227 e. The molecule has 2 fully saturated rings. The number of fused-ring (bicyclic) bond motifs is 3. The van der Waals surface area contributed by atoms with Crippen molar-refractivity contribution < 1.29 is 18.0 Å². The van der Waals surface area contributed by atoms with Crippen molar-refractivity contribution in [1.82, 2.24) is 15.2 Å². The van der Waals surface area contributed by atoms with E-state index in [1.807, 2.05) is 4.90 Å². The first-order valence-corrected chi connectivity index (χ1v) is 9.07. The summed E-state index contributed by atoms with van der Waals surface area (Å²) in [6.07, 6.45) is 3.72. The molecular weight excluding hydrogens is 376 g/mol. The van der Waals surface area contributed by atoms with Crippen LogP contribution in [0.25, 0.3) is 11.5 Å². The Bertz CT molecular complexity index is 868. The number of carbonyl (C=O) groups excluding carboxylic acids is 1. The van der Waals surface area contributed by atoms with Gasteiger partial charge in [0.1, 0.15) is 23.1 Å². The number of nitrogens with one attached hydrogen (secondary N) is 1. The number of carbonyl (C=O) groups is 1. The van der Waals surface area contributed by atoms with E-state index in [0.717, 1.165) is 25.3 Å². The quantitative estimate of drug-likeness (QED) is 0.849. The van der Waals surface area contributed by atoms with E-state index in [9.17, 15) is 13.6 Å². The van der Waals surface area contributed by atoms with Gasteiger partial charge in [-0.05, 0) is 31.4 Å². The predicted octanol–water partition coefficient (Wildman–Crippen LogP) is 3.07. The van der Waals surface area contributed by atoms with Crippen molar-refractivity contribution in [3.8, 4) is 11.5 Å². The second kappa shape index (κ2) is 6.87. The molecule has 0 saturated carbocycles. The Morgan fingerprint density at radius 2 is 2.00 bits per heavy atom. The van der Waals surface area contributed by atoms with E-state index < -0.39 is 11.6 Å². The van der Waals surface area contributed by atoms with Gasteiger partial charge in [-0.3, -0.25) is 4.79 Å². The molecule has 4 heterocycles. The summed E-state index contributed by atoms with van der Waals surface area (Å²) in [6, 6.07) is 4.00. The number of amides is 1. The molecule has 27 heavy (non-hydrogen) atoms. The van der Waals surface area contributed by atoms with E-state index in [-0.39, 0.29) is 35.7 Å². The molecule has 2 aromatic rings. The van der Waals surface area contributed by atoms with Crippen LogP contribution in [-0.2, 0) is 17.8 Å². The number of benzene rings is 1. The van der Waals surface area contributed by atoms with E-state index in [4.69, 9.17) is 4.42 Å². The zero-order valence-electron chi connectivity index (χ0n) is 14.6. The Hall–Kier alpha value is -1.99. The maximum absolute atomic E-state index is 13.4. The van der Waals surface area contributed by atoms with E-state index in [1.54, 1.807) is 0 Å².